The van der Waals surface area contributed by atoms with Crippen molar-refractivity contribution in [2.75, 3.05) is 6.61 Å². The maximum atomic E-state index is 10.8. The van der Waals surface area contributed by atoms with Crippen LogP contribution < -0.4 is 0 Å². The van der Waals surface area contributed by atoms with Crippen LogP contribution in [0.25, 0.3) is 0 Å². The zero-order valence-corrected chi connectivity index (χ0v) is 7.48. The van der Waals surface area contributed by atoms with Gasteiger partial charge in [0, 0.05) is 6.42 Å². The average Bonchev–Trinajstić information content (AvgIpc) is 1.86. The molecule has 0 aliphatic rings. The first-order valence-electron chi connectivity index (χ1n) is 3.29. The molecule has 0 N–H and O–H groups in total. The lowest BCUT2D eigenvalue weighted by Crippen LogP contribution is -2.13. The molecule has 0 aromatic carbocycles. The predicted octanol–water partition coefficient (Wildman–Crippen LogP) is 0.990. The molecule has 4 heteroatoms. The van der Waals surface area contributed by atoms with Crippen LogP contribution in [0.5, 0.6) is 0 Å². The molecule has 0 heterocycles. The van der Waals surface area contributed by atoms with E-state index in [4.69, 9.17) is 0 Å². The Hall–Kier alpha value is -0.510. The molecule has 63 valence electrons. The van der Waals surface area contributed by atoms with Gasteiger partial charge >= 0.3 is 5.97 Å². The van der Waals surface area contributed by atoms with E-state index in [0.717, 1.165) is 0 Å². The molecule has 0 saturated heterocycles. The van der Waals surface area contributed by atoms with Gasteiger partial charge in [-0.1, -0.05) is 0 Å². The van der Waals surface area contributed by atoms with Crippen molar-refractivity contribution >= 4 is 24.4 Å². The summed E-state index contributed by atoms with van der Waals surface area (Å²) in [6.07, 6.45) is 0.0575. The Morgan fingerprint density at radius 1 is 1.45 bits per heavy atom. The van der Waals surface area contributed by atoms with E-state index in [1.165, 1.54) is 6.92 Å². The summed E-state index contributed by atoms with van der Waals surface area (Å²) >= 11 is 3.82. The van der Waals surface area contributed by atoms with Gasteiger partial charge in [-0.05, 0) is 13.8 Å². The summed E-state index contributed by atoms with van der Waals surface area (Å²) in [6.45, 7) is 3.41. The standard InChI is InChI=1S/C7H11O3S/c1-3-10-7(9)6(11)4-5(2)8/h11H,3-4H2,1-2H3. The Kier molecular flexibility index (Phi) is 4.94. The molecule has 0 rings (SSSR count). The minimum Gasteiger partial charge on any atom is -0.465 e. The second kappa shape index (κ2) is 5.18. The van der Waals surface area contributed by atoms with Gasteiger partial charge < -0.3 is 4.74 Å². The van der Waals surface area contributed by atoms with Crippen molar-refractivity contribution in [3.63, 3.8) is 0 Å². The molecule has 0 aliphatic carbocycles. The number of hydrogen-bond acceptors (Lipinski definition) is 4. The highest BCUT2D eigenvalue weighted by atomic mass is 32.1. The molecule has 0 spiro atoms. The van der Waals surface area contributed by atoms with Crippen LogP contribution in [0.15, 0.2) is 0 Å². The zero-order valence-electron chi connectivity index (χ0n) is 6.59. The highest BCUT2D eigenvalue weighted by molar-refractivity contribution is 7.84. The highest BCUT2D eigenvalue weighted by Crippen LogP contribution is 2.13. The molecule has 0 saturated carbocycles. The second-order valence-electron chi connectivity index (χ2n) is 2.05. The summed E-state index contributed by atoms with van der Waals surface area (Å²) in [5.41, 5.74) is 0. The van der Waals surface area contributed by atoms with E-state index in [1.54, 1.807) is 6.92 Å². The van der Waals surface area contributed by atoms with Gasteiger partial charge in [-0.3, -0.25) is 9.59 Å². The predicted molar refractivity (Wildman–Crippen MR) is 44.2 cm³/mol. The molecule has 0 fully saturated rings. The van der Waals surface area contributed by atoms with Crippen LogP contribution in [-0.2, 0) is 14.3 Å². The van der Waals surface area contributed by atoms with Gasteiger partial charge in [-0.25, -0.2) is 0 Å². The fourth-order valence-corrected chi connectivity index (χ4v) is 0.810. The maximum Gasteiger partial charge on any atom is 0.324 e. The van der Waals surface area contributed by atoms with Gasteiger partial charge in [0.1, 0.15) is 11.0 Å². The summed E-state index contributed by atoms with van der Waals surface area (Å²) in [5.74, 6) is -0.603. The van der Waals surface area contributed by atoms with E-state index in [9.17, 15) is 9.59 Å². The molecule has 0 bridgehead atoms. The Labute approximate surface area is 71.5 Å². The lowest BCUT2D eigenvalue weighted by molar-refractivity contribution is -0.140. The minimum absolute atomic E-state index is 0.0575. The second-order valence-corrected chi connectivity index (χ2v) is 2.59. The van der Waals surface area contributed by atoms with E-state index in [0.29, 0.717) is 6.61 Å². The van der Waals surface area contributed by atoms with E-state index < -0.39 is 5.97 Å². The summed E-state index contributed by atoms with van der Waals surface area (Å²) in [5, 5.41) is 0.166. The van der Waals surface area contributed by atoms with E-state index in [2.05, 4.69) is 17.4 Å². The van der Waals surface area contributed by atoms with Crippen LogP contribution in [0.1, 0.15) is 20.3 Å². The van der Waals surface area contributed by atoms with Gasteiger partial charge in [-0.15, -0.1) is 0 Å². The molecule has 0 aromatic rings. The largest absolute Gasteiger partial charge is 0.465 e. The van der Waals surface area contributed by atoms with Gasteiger partial charge in [0.2, 0.25) is 0 Å². The number of esters is 1. The van der Waals surface area contributed by atoms with Crippen molar-refractivity contribution in [2.45, 2.75) is 20.3 Å². The molecule has 0 atom stereocenters. The normalized spacial score (nSPS) is 9.82. The van der Waals surface area contributed by atoms with Crippen LogP contribution >= 0.6 is 12.6 Å². The maximum absolute atomic E-state index is 10.8. The van der Waals surface area contributed by atoms with Gasteiger partial charge in [0.15, 0.2) is 0 Å². The Bertz CT molecular complexity index is 156. The fourth-order valence-electron chi connectivity index (χ4n) is 0.522. The topological polar surface area (TPSA) is 43.4 Å². The molecule has 0 amide bonds. The van der Waals surface area contributed by atoms with Crippen molar-refractivity contribution in [3.8, 4) is 0 Å². The smallest absolute Gasteiger partial charge is 0.324 e. The Balaban J connectivity index is 3.73. The number of hydrogen-bond donors (Lipinski definition) is 1. The zero-order chi connectivity index (χ0) is 8.85. The number of ether oxygens (including phenoxy) is 1. The van der Waals surface area contributed by atoms with Crippen molar-refractivity contribution in [1.29, 1.82) is 0 Å². The first-order valence-corrected chi connectivity index (χ1v) is 3.74. The van der Waals surface area contributed by atoms with Crippen LogP contribution in [0.2, 0.25) is 0 Å². The van der Waals surface area contributed by atoms with Gasteiger partial charge in [0.25, 0.3) is 0 Å². The summed E-state index contributed by atoms with van der Waals surface area (Å²) in [6, 6.07) is 0. The molecule has 1 radical (unpaired) electrons. The fraction of sp³-hybridized carbons (Fsp3) is 0.571. The average molecular weight is 175 g/mol. The Morgan fingerprint density at radius 3 is 2.36 bits per heavy atom. The van der Waals surface area contributed by atoms with Crippen molar-refractivity contribution in [3.05, 3.63) is 5.25 Å². The summed E-state index contributed by atoms with van der Waals surface area (Å²) in [7, 11) is 0. The number of rotatable bonds is 4. The van der Waals surface area contributed by atoms with E-state index in [1.807, 2.05) is 0 Å². The van der Waals surface area contributed by atoms with Crippen molar-refractivity contribution in [1.82, 2.24) is 0 Å². The molecular formula is C7H11O3S. The van der Waals surface area contributed by atoms with Crippen LogP contribution in [0, 0.1) is 5.25 Å². The third-order valence-electron chi connectivity index (χ3n) is 0.927. The molecule has 0 unspecified atom stereocenters. The SMILES string of the molecule is CCOC(=O)[C](S)CC(C)=O. The monoisotopic (exact) mass is 175 g/mol. The lowest BCUT2D eigenvalue weighted by Gasteiger charge is -2.05. The first kappa shape index (κ1) is 10.5. The van der Waals surface area contributed by atoms with Crippen LogP contribution in [-0.4, -0.2) is 18.4 Å². The Morgan fingerprint density at radius 2 is 2.00 bits per heavy atom. The van der Waals surface area contributed by atoms with E-state index in [-0.39, 0.29) is 17.5 Å². The lowest BCUT2D eigenvalue weighted by atomic mass is 10.2. The molecular weight excluding hydrogens is 164 g/mol. The molecule has 0 aromatic heterocycles. The molecule has 11 heavy (non-hydrogen) atoms. The van der Waals surface area contributed by atoms with Crippen molar-refractivity contribution < 1.29 is 14.3 Å². The quantitative estimate of drug-likeness (QED) is 0.512. The van der Waals surface area contributed by atoms with E-state index >= 15 is 0 Å². The summed E-state index contributed by atoms with van der Waals surface area (Å²) in [4.78, 5) is 21.3. The van der Waals surface area contributed by atoms with Crippen LogP contribution in [0.4, 0.5) is 0 Å². The first-order chi connectivity index (χ1) is 5.07. The van der Waals surface area contributed by atoms with Crippen molar-refractivity contribution in [2.24, 2.45) is 0 Å². The number of Topliss-reactive ketones (excluding diaryl/α,β-unsaturated/α-hetero) is 1. The van der Waals surface area contributed by atoms with Gasteiger partial charge in [0.05, 0.1) is 6.61 Å². The minimum atomic E-state index is -0.508. The summed E-state index contributed by atoms with van der Waals surface area (Å²) < 4.78 is 4.60. The number of carbonyl (C=O) groups excluding carboxylic acids is 2. The third kappa shape index (κ3) is 4.84. The molecule has 3 nitrogen and oxygen atoms in total. The third-order valence-corrected chi connectivity index (χ3v) is 1.27. The number of thiol groups is 1. The van der Waals surface area contributed by atoms with Gasteiger partial charge in [-0.2, -0.15) is 12.6 Å². The highest BCUT2D eigenvalue weighted by Gasteiger charge is 2.17. The molecule has 0 aliphatic heterocycles. The van der Waals surface area contributed by atoms with Crippen LogP contribution in [0.3, 0.4) is 0 Å². The number of ketones is 1. The number of carbonyl (C=O) groups is 2.